The Hall–Kier alpha value is -4.81. The van der Waals surface area contributed by atoms with E-state index < -0.39 is 39.4 Å². The lowest BCUT2D eigenvalue weighted by Crippen LogP contribution is -2.52. The van der Waals surface area contributed by atoms with Crippen molar-refractivity contribution in [3.63, 3.8) is 0 Å². The zero-order chi connectivity index (χ0) is 31.4. The number of benzene rings is 3. The third-order valence-electron chi connectivity index (χ3n) is 7.66. The van der Waals surface area contributed by atoms with Gasteiger partial charge in [0.05, 0.1) is 22.2 Å². The van der Waals surface area contributed by atoms with Crippen LogP contribution >= 0.6 is 0 Å². The highest BCUT2D eigenvalue weighted by atomic mass is 32.2. The van der Waals surface area contributed by atoms with Crippen LogP contribution in [0.5, 0.6) is 5.75 Å². The molecule has 0 aliphatic carbocycles. The molecule has 3 aromatic carbocycles. The summed E-state index contributed by atoms with van der Waals surface area (Å²) in [6, 6.07) is 22.2. The van der Waals surface area contributed by atoms with Gasteiger partial charge in [-0.25, -0.2) is 13.9 Å². The topological polar surface area (TPSA) is 155 Å². The highest BCUT2D eigenvalue weighted by Gasteiger charge is 2.40. The Bertz CT molecular complexity index is 1810. The zero-order valence-corrected chi connectivity index (χ0v) is 25.0. The maximum absolute atomic E-state index is 13.3. The quantitative estimate of drug-likeness (QED) is 0.200. The second-order valence-electron chi connectivity index (χ2n) is 10.8. The van der Waals surface area contributed by atoms with E-state index in [0.717, 1.165) is 28.4 Å². The first-order chi connectivity index (χ1) is 21.0. The van der Waals surface area contributed by atoms with Gasteiger partial charge >= 0.3 is 0 Å². The highest BCUT2D eigenvalue weighted by molar-refractivity contribution is 7.90. The lowest BCUT2D eigenvalue weighted by Gasteiger charge is -2.36. The van der Waals surface area contributed by atoms with Gasteiger partial charge in [-0.2, -0.15) is 0 Å². The molecule has 12 heteroatoms. The molecule has 0 radical (unpaired) electrons. The van der Waals surface area contributed by atoms with Crippen LogP contribution in [0.2, 0.25) is 0 Å². The average Bonchev–Trinajstić information content (AvgIpc) is 3.02. The van der Waals surface area contributed by atoms with Gasteiger partial charge in [-0.3, -0.25) is 24.6 Å². The number of nitrogens with zero attached hydrogens (tertiary/aromatic N) is 2. The number of fused-ring (bicyclic) bond motifs is 1. The third kappa shape index (κ3) is 6.87. The van der Waals surface area contributed by atoms with E-state index in [2.05, 4.69) is 10.3 Å². The number of ether oxygens (including phenoxy) is 1. The minimum atomic E-state index is -3.42. The van der Waals surface area contributed by atoms with Crippen molar-refractivity contribution in [2.24, 2.45) is 11.8 Å². The summed E-state index contributed by atoms with van der Waals surface area (Å²) in [4.78, 5) is 45.0. The van der Waals surface area contributed by atoms with Gasteiger partial charge in [0.1, 0.15) is 12.4 Å². The molecule has 44 heavy (non-hydrogen) atoms. The molecule has 5 rings (SSSR count). The lowest BCUT2D eigenvalue weighted by molar-refractivity contribution is -0.141. The van der Waals surface area contributed by atoms with Gasteiger partial charge in [0.25, 0.3) is 5.91 Å². The van der Waals surface area contributed by atoms with Crippen LogP contribution in [-0.4, -0.2) is 60.6 Å². The van der Waals surface area contributed by atoms with Gasteiger partial charge in [-0.15, -0.1) is 0 Å². The number of amides is 3. The Morgan fingerprint density at radius 2 is 1.68 bits per heavy atom. The molecule has 0 spiro atoms. The van der Waals surface area contributed by atoms with Crippen molar-refractivity contribution >= 4 is 44.1 Å². The van der Waals surface area contributed by atoms with Crippen LogP contribution in [0.1, 0.15) is 28.0 Å². The molecule has 2 atom stereocenters. The number of aromatic nitrogens is 1. The molecule has 228 valence electrons. The van der Waals surface area contributed by atoms with Crippen LogP contribution in [0.4, 0.5) is 5.69 Å². The van der Waals surface area contributed by atoms with Crippen LogP contribution in [0.3, 0.4) is 0 Å². The Morgan fingerprint density at radius 3 is 2.36 bits per heavy atom. The van der Waals surface area contributed by atoms with Crippen LogP contribution < -0.4 is 15.5 Å². The number of nitrogens with one attached hydrogen (secondary N) is 2. The van der Waals surface area contributed by atoms with E-state index in [-0.39, 0.29) is 30.0 Å². The third-order valence-corrected chi connectivity index (χ3v) is 8.79. The summed E-state index contributed by atoms with van der Waals surface area (Å²) in [6.45, 7) is 2.36. The molecule has 1 aliphatic rings. The van der Waals surface area contributed by atoms with Crippen LogP contribution in [0.25, 0.3) is 10.9 Å². The molecule has 1 fully saturated rings. The molecule has 2 heterocycles. The number of carbonyl (C=O) groups is 3. The first-order valence-electron chi connectivity index (χ1n) is 14.0. The summed E-state index contributed by atoms with van der Waals surface area (Å²) in [5, 5.41) is 13.2. The molecular weight excluding hydrogens is 584 g/mol. The Labute approximate surface area is 254 Å². The Morgan fingerprint density at radius 1 is 0.977 bits per heavy atom. The predicted octanol–water partition coefficient (Wildman–Crippen LogP) is 3.75. The summed E-state index contributed by atoms with van der Waals surface area (Å²) < 4.78 is 29.5. The minimum Gasteiger partial charge on any atom is -0.489 e. The van der Waals surface area contributed by atoms with Crippen molar-refractivity contribution in [2.45, 2.75) is 24.8 Å². The number of anilines is 1. The van der Waals surface area contributed by atoms with Crippen LogP contribution in [-0.2, 0) is 26.0 Å². The highest BCUT2D eigenvalue weighted by Crippen LogP contribution is 2.28. The van der Waals surface area contributed by atoms with Gasteiger partial charge in [0, 0.05) is 47.2 Å². The number of piperidine rings is 1. The molecule has 0 saturated carbocycles. The van der Waals surface area contributed by atoms with Gasteiger partial charge in [0.15, 0.2) is 9.84 Å². The molecule has 1 saturated heterocycles. The summed E-state index contributed by atoms with van der Waals surface area (Å²) in [5.74, 6) is -2.82. The summed E-state index contributed by atoms with van der Waals surface area (Å²) in [6.07, 6.45) is 1.25. The summed E-state index contributed by atoms with van der Waals surface area (Å²) in [5.41, 5.74) is 5.16. The van der Waals surface area contributed by atoms with Crippen molar-refractivity contribution in [1.29, 1.82) is 0 Å². The van der Waals surface area contributed by atoms with E-state index in [4.69, 9.17) is 4.74 Å². The first kappa shape index (κ1) is 30.6. The smallest absolute Gasteiger partial charge is 0.253 e. The molecule has 4 aromatic rings. The SMILES string of the molecule is Cc1cc(COc2ccc(NC(=O)[C@H]3CCN(C(=O)c4ccc(S(C)(=O)=O)cc4)C[C@@H]3C(=O)NO)cc2)c2ccccc2n1. The number of hydrogen-bond donors (Lipinski definition) is 3. The van der Waals surface area contributed by atoms with E-state index in [1.807, 2.05) is 37.3 Å². The fourth-order valence-electron chi connectivity index (χ4n) is 5.37. The second kappa shape index (κ2) is 12.8. The maximum Gasteiger partial charge on any atom is 0.253 e. The van der Waals surface area contributed by atoms with Crippen LogP contribution in [0.15, 0.2) is 83.8 Å². The monoisotopic (exact) mass is 616 g/mol. The number of hydrogen-bond acceptors (Lipinski definition) is 8. The normalized spacial score (nSPS) is 16.8. The molecule has 1 aliphatic heterocycles. The minimum absolute atomic E-state index is 0.0824. The predicted molar refractivity (Wildman–Crippen MR) is 163 cm³/mol. The summed E-state index contributed by atoms with van der Waals surface area (Å²) >= 11 is 0. The van der Waals surface area contributed by atoms with Crippen LogP contribution in [0, 0.1) is 18.8 Å². The molecule has 3 amide bonds. The largest absolute Gasteiger partial charge is 0.489 e. The fraction of sp³-hybridized carbons (Fsp3) is 0.250. The van der Waals surface area contributed by atoms with Crippen molar-refractivity contribution < 1.29 is 32.7 Å². The van der Waals surface area contributed by atoms with E-state index in [1.54, 1.807) is 29.7 Å². The lowest BCUT2D eigenvalue weighted by atomic mass is 9.83. The Balaban J connectivity index is 1.22. The number of sulfone groups is 1. The van der Waals surface area contributed by atoms with E-state index >= 15 is 0 Å². The summed E-state index contributed by atoms with van der Waals surface area (Å²) in [7, 11) is -3.42. The molecule has 0 unspecified atom stereocenters. The van der Waals surface area contributed by atoms with Gasteiger partial charge in [0.2, 0.25) is 11.8 Å². The van der Waals surface area contributed by atoms with Gasteiger partial charge in [-0.1, -0.05) is 18.2 Å². The van der Waals surface area contributed by atoms with E-state index in [9.17, 15) is 28.0 Å². The van der Waals surface area contributed by atoms with Crippen molar-refractivity contribution in [3.8, 4) is 5.75 Å². The molecule has 11 nitrogen and oxygen atoms in total. The maximum atomic E-state index is 13.3. The number of likely N-dealkylation sites (tertiary alicyclic amines) is 1. The number of para-hydroxylation sites is 1. The molecule has 1 aromatic heterocycles. The number of carbonyl (C=O) groups excluding carboxylic acids is 3. The number of pyridine rings is 1. The van der Waals surface area contributed by atoms with Gasteiger partial charge < -0.3 is 15.0 Å². The average molecular weight is 617 g/mol. The number of aryl methyl sites for hydroxylation is 1. The first-order valence-corrected chi connectivity index (χ1v) is 15.8. The molecule has 0 bridgehead atoms. The number of hydroxylamine groups is 1. The zero-order valence-electron chi connectivity index (χ0n) is 24.2. The Kier molecular flexibility index (Phi) is 8.93. The molecule has 3 N–H and O–H groups in total. The van der Waals surface area contributed by atoms with Crippen molar-refractivity contribution in [2.75, 3.05) is 24.7 Å². The molecular formula is C32H32N4O7S. The fourth-order valence-corrected chi connectivity index (χ4v) is 6.00. The van der Waals surface area contributed by atoms with Crippen molar-refractivity contribution in [3.05, 3.63) is 95.7 Å². The van der Waals surface area contributed by atoms with Crippen molar-refractivity contribution in [1.82, 2.24) is 15.4 Å². The van der Waals surface area contributed by atoms with Gasteiger partial charge in [-0.05, 0) is 74.0 Å². The van der Waals surface area contributed by atoms with E-state index in [0.29, 0.717) is 18.0 Å². The van der Waals surface area contributed by atoms with E-state index in [1.165, 1.54) is 29.2 Å². The second-order valence-corrected chi connectivity index (χ2v) is 12.8. The number of rotatable bonds is 8. The standard InChI is InChI=1S/C32H32N4O7S/c1-20-17-22(26-5-3-4-6-29(26)33-20)19-43-24-11-9-23(10-12-24)34-30(37)27-15-16-36(18-28(27)31(38)35-40)32(39)21-7-13-25(14-8-21)44(2,41)42/h3-14,17,27-28,40H,15-16,18-19H2,1-2H3,(H,34,37)(H,35,38)/t27-,28-/m0/s1.